The second-order valence-electron chi connectivity index (χ2n) is 4.00. The van der Waals surface area contributed by atoms with E-state index in [9.17, 15) is 0 Å². The average Bonchev–Trinajstić information content (AvgIpc) is 2.21. The molecule has 1 N–H and O–H groups in total. The van der Waals surface area contributed by atoms with Gasteiger partial charge in [0.2, 0.25) is 0 Å². The largest absolute Gasteiger partial charge is 0.380 e. The summed E-state index contributed by atoms with van der Waals surface area (Å²) in [5.41, 5.74) is 0. The Morgan fingerprint density at radius 1 is 1.38 bits per heavy atom. The summed E-state index contributed by atoms with van der Waals surface area (Å²) < 4.78 is 5.42. The fourth-order valence-electron chi connectivity index (χ4n) is 1.81. The van der Waals surface area contributed by atoms with E-state index in [4.69, 9.17) is 4.74 Å². The molecule has 0 bridgehead atoms. The minimum Gasteiger partial charge on any atom is -0.380 e. The van der Waals surface area contributed by atoms with Crippen molar-refractivity contribution in [3.8, 4) is 0 Å². The molecule has 0 aromatic heterocycles. The van der Waals surface area contributed by atoms with E-state index >= 15 is 0 Å². The van der Waals surface area contributed by atoms with Crippen molar-refractivity contribution in [2.45, 2.75) is 45.6 Å². The van der Waals surface area contributed by atoms with Gasteiger partial charge in [0.25, 0.3) is 0 Å². The summed E-state index contributed by atoms with van der Waals surface area (Å²) in [6, 6.07) is 0.620. The zero-order valence-electron chi connectivity index (χ0n) is 9.01. The molecule has 1 atom stereocenters. The van der Waals surface area contributed by atoms with E-state index in [1.807, 2.05) is 0 Å². The fourth-order valence-corrected chi connectivity index (χ4v) is 1.81. The maximum atomic E-state index is 5.42. The van der Waals surface area contributed by atoms with Crippen LogP contribution >= 0.6 is 0 Å². The molecule has 1 rings (SSSR count). The molecule has 1 unspecified atom stereocenters. The molecule has 0 aromatic rings. The molecule has 0 amide bonds. The number of hydrogen-bond donors (Lipinski definition) is 1. The summed E-state index contributed by atoms with van der Waals surface area (Å²) in [5.74, 6) is 0.849. The lowest BCUT2D eigenvalue weighted by Crippen LogP contribution is -2.39. The van der Waals surface area contributed by atoms with Crippen molar-refractivity contribution in [3.63, 3.8) is 0 Å². The van der Waals surface area contributed by atoms with E-state index in [2.05, 4.69) is 19.2 Å². The lowest BCUT2D eigenvalue weighted by molar-refractivity contribution is 0.0689. The van der Waals surface area contributed by atoms with Crippen molar-refractivity contribution in [2.75, 3.05) is 19.8 Å². The van der Waals surface area contributed by atoms with E-state index in [0.29, 0.717) is 6.04 Å². The highest BCUT2D eigenvalue weighted by Crippen LogP contribution is 2.09. The molecule has 1 fully saturated rings. The molecular formula is C11H23NO. The first-order chi connectivity index (χ1) is 6.36. The van der Waals surface area contributed by atoms with E-state index in [1.165, 1.54) is 32.2 Å². The molecule has 13 heavy (non-hydrogen) atoms. The average molecular weight is 185 g/mol. The normalized spacial score (nSPS) is 23.8. The smallest absolute Gasteiger partial charge is 0.0619 e. The van der Waals surface area contributed by atoms with Crippen LogP contribution in [0.25, 0.3) is 0 Å². The van der Waals surface area contributed by atoms with E-state index in [0.717, 1.165) is 19.1 Å². The second-order valence-corrected chi connectivity index (χ2v) is 4.00. The molecule has 1 aliphatic rings. The van der Waals surface area contributed by atoms with Gasteiger partial charge in [-0.3, -0.25) is 0 Å². The van der Waals surface area contributed by atoms with Crippen LogP contribution in [0.5, 0.6) is 0 Å². The molecule has 0 aliphatic carbocycles. The Balaban J connectivity index is 2.09. The third kappa shape index (κ3) is 4.10. The maximum Gasteiger partial charge on any atom is 0.0619 e. The minimum atomic E-state index is 0.620. The van der Waals surface area contributed by atoms with Gasteiger partial charge >= 0.3 is 0 Å². The molecule has 0 radical (unpaired) electrons. The van der Waals surface area contributed by atoms with Crippen molar-refractivity contribution < 1.29 is 4.74 Å². The van der Waals surface area contributed by atoms with Gasteiger partial charge in [-0.05, 0) is 25.3 Å². The van der Waals surface area contributed by atoms with Crippen LogP contribution in [-0.4, -0.2) is 25.8 Å². The van der Waals surface area contributed by atoms with Crippen LogP contribution in [0.2, 0.25) is 0 Å². The third-order valence-electron chi connectivity index (χ3n) is 3.01. The van der Waals surface area contributed by atoms with Crippen molar-refractivity contribution in [1.29, 1.82) is 0 Å². The first-order valence-corrected chi connectivity index (χ1v) is 5.68. The van der Waals surface area contributed by atoms with Crippen molar-refractivity contribution in [3.05, 3.63) is 0 Å². The lowest BCUT2D eigenvalue weighted by Gasteiger charge is -2.25. The summed E-state index contributed by atoms with van der Waals surface area (Å²) in [7, 11) is 0. The van der Waals surface area contributed by atoms with E-state index in [1.54, 1.807) is 0 Å². The van der Waals surface area contributed by atoms with Gasteiger partial charge in [0.1, 0.15) is 0 Å². The Kier molecular flexibility index (Phi) is 5.40. The van der Waals surface area contributed by atoms with Crippen LogP contribution in [0, 0.1) is 5.92 Å². The van der Waals surface area contributed by atoms with Crippen LogP contribution in [0.4, 0.5) is 0 Å². The summed E-state index contributed by atoms with van der Waals surface area (Å²) in [4.78, 5) is 0. The molecule has 1 heterocycles. The molecule has 78 valence electrons. The summed E-state index contributed by atoms with van der Waals surface area (Å²) in [5, 5.41) is 3.60. The zero-order valence-corrected chi connectivity index (χ0v) is 9.01. The topological polar surface area (TPSA) is 21.3 Å². The Morgan fingerprint density at radius 2 is 2.15 bits per heavy atom. The van der Waals surface area contributed by atoms with Gasteiger partial charge in [0, 0.05) is 12.6 Å². The lowest BCUT2D eigenvalue weighted by atomic mass is 10.0. The first kappa shape index (κ1) is 11.0. The van der Waals surface area contributed by atoms with Crippen LogP contribution in [0.15, 0.2) is 0 Å². The first-order valence-electron chi connectivity index (χ1n) is 5.68. The molecule has 0 saturated carbocycles. The summed E-state index contributed by atoms with van der Waals surface area (Å²) in [6.07, 6.45) is 5.09. The van der Waals surface area contributed by atoms with Crippen LogP contribution in [0.3, 0.4) is 0 Å². The third-order valence-corrected chi connectivity index (χ3v) is 3.01. The number of ether oxygens (including phenoxy) is 1. The van der Waals surface area contributed by atoms with Gasteiger partial charge < -0.3 is 10.1 Å². The van der Waals surface area contributed by atoms with Gasteiger partial charge in [-0.1, -0.05) is 26.7 Å². The predicted octanol–water partition coefficient (Wildman–Crippen LogP) is 2.19. The standard InChI is InChI=1S/C11H23NO/c1-3-10(4-2)8-12-11-6-5-7-13-9-11/h10-12H,3-9H2,1-2H3. The number of hydrogen-bond acceptors (Lipinski definition) is 2. The zero-order chi connectivity index (χ0) is 9.52. The maximum absolute atomic E-state index is 5.42. The van der Waals surface area contributed by atoms with E-state index < -0.39 is 0 Å². The monoisotopic (exact) mass is 185 g/mol. The van der Waals surface area contributed by atoms with Gasteiger partial charge in [0.05, 0.1) is 6.61 Å². The van der Waals surface area contributed by atoms with Crippen molar-refractivity contribution in [2.24, 2.45) is 5.92 Å². The van der Waals surface area contributed by atoms with Crippen LogP contribution < -0.4 is 5.32 Å². The Labute approximate surface area is 82.0 Å². The Bertz CT molecular complexity index is 117. The fraction of sp³-hybridized carbons (Fsp3) is 1.00. The van der Waals surface area contributed by atoms with Gasteiger partial charge in [0.15, 0.2) is 0 Å². The molecular weight excluding hydrogens is 162 g/mol. The van der Waals surface area contributed by atoms with E-state index in [-0.39, 0.29) is 0 Å². The highest BCUT2D eigenvalue weighted by molar-refractivity contribution is 4.71. The highest BCUT2D eigenvalue weighted by atomic mass is 16.5. The van der Waals surface area contributed by atoms with Crippen LogP contribution in [-0.2, 0) is 4.74 Å². The van der Waals surface area contributed by atoms with Crippen LogP contribution in [0.1, 0.15) is 39.5 Å². The number of nitrogens with one attached hydrogen (secondary N) is 1. The Morgan fingerprint density at radius 3 is 2.69 bits per heavy atom. The SMILES string of the molecule is CCC(CC)CNC1CCCOC1. The molecule has 2 nitrogen and oxygen atoms in total. The predicted molar refractivity (Wildman–Crippen MR) is 55.9 cm³/mol. The van der Waals surface area contributed by atoms with Crippen molar-refractivity contribution >= 4 is 0 Å². The van der Waals surface area contributed by atoms with Gasteiger partial charge in [-0.25, -0.2) is 0 Å². The van der Waals surface area contributed by atoms with Gasteiger partial charge in [-0.2, -0.15) is 0 Å². The molecule has 0 spiro atoms. The Hall–Kier alpha value is -0.0800. The second kappa shape index (κ2) is 6.39. The summed E-state index contributed by atoms with van der Waals surface area (Å²) >= 11 is 0. The molecule has 1 saturated heterocycles. The summed E-state index contributed by atoms with van der Waals surface area (Å²) in [6.45, 7) is 7.59. The quantitative estimate of drug-likeness (QED) is 0.709. The number of rotatable bonds is 5. The van der Waals surface area contributed by atoms with Crippen molar-refractivity contribution in [1.82, 2.24) is 5.32 Å². The highest BCUT2D eigenvalue weighted by Gasteiger charge is 2.14. The molecule has 1 aliphatic heterocycles. The molecule has 2 heteroatoms. The van der Waals surface area contributed by atoms with Gasteiger partial charge in [-0.15, -0.1) is 0 Å². The molecule has 0 aromatic carbocycles. The minimum absolute atomic E-state index is 0.620.